The predicted octanol–water partition coefficient (Wildman–Crippen LogP) is 6.16. The van der Waals surface area contributed by atoms with Gasteiger partial charge < -0.3 is 18.9 Å². The number of ether oxygens (including phenoxy) is 4. The fraction of sp³-hybridized carbons (Fsp3) is 0.304. The quantitative estimate of drug-likeness (QED) is 0.221. The topological polar surface area (TPSA) is 54.0 Å². The van der Waals surface area contributed by atoms with Crippen molar-refractivity contribution in [1.82, 2.24) is 0 Å². The number of ketones is 1. The molecule has 1 atom stereocenters. The minimum absolute atomic E-state index is 0.0345. The van der Waals surface area contributed by atoms with Crippen molar-refractivity contribution >= 4 is 38.7 Å². The fourth-order valence-corrected chi connectivity index (χ4v) is 5.72. The summed E-state index contributed by atoms with van der Waals surface area (Å²) in [4.78, 5) is 13.5. The fourth-order valence-electron chi connectivity index (χ4n) is 3.31. The Hall–Kier alpha value is -2.26. The molecule has 0 aliphatic carbocycles. The molecule has 0 radical (unpaired) electrons. The van der Waals surface area contributed by atoms with Gasteiger partial charge in [-0.15, -0.1) is 0 Å². The van der Waals surface area contributed by atoms with Crippen molar-refractivity contribution < 1.29 is 23.7 Å². The van der Waals surface area contributed by atoms with Crippen LogP contribution in [0.2, 0.25) is 0 Å². The highest BCUT2D eigenvalue weighted by Gasteiger charge is 2.28. The third-order valence-corrected chi connectivity index (χ3v) is 7.87. The highest BCUT2D eigenvalue weighted by Crippen LogP contribution is 2.37. The third kappa shape index (κ3) is 4.98. The summed E-state index contributed by atoms with van der Waals surface area (Å²) in [6.07, 6.45) is 0.249. The second-order valence-electron chi connectivity index (χ2n) is 7.01. The summed E-state index contributed by atoms with van der Waals surface area (Å²) in [6, 6.07) is 13.6. The molecule has 1 unspecified atom stereocenters. The number of methoxy groups -OCH3 is 1. The van der Waals surface area contributed by atoms with E-state index in [0.29, 0.717) is 43.3 Å². The van der Waals surface area contributed by atoms with Crippen LogP contribution in [0.4, 0.5) is 0 Å². The van der Waals surface area contributed by atoms with Crippen LogP contribution in [0.3, 0.4) is 0 Å². The number of hydrogen-bond donors (Lipinski definition) is 0. The lowest BCUT2D eigenvalue weighted by atomic mass is 9.97. The number of benzene rings is 2. The molecule has 1 aliphatic heterocycles. The zero-order valence-corrected chi connectivity index (χ0v) is 19.7. The van der Waals surface area contributed by atoms with Crippen LogP contribution in [-0.2, 0) is 11.3 Å². The molecule has 0 spiro atoms. The summed E-state index contributed by atoms with van der Waals surface area (Å²) in [5.74, 6) is 1.94. The van der Waals surface area contributed by atoms with Crippen LogP contribution in [0.1, 0.15) is 29.3 Å². The first-order chi connectivity index (χ1) is 15.1. The zero-order valence-electron chi connectivity index (χ0n) is 17.2. The van der Waals surface area contributed by atoms with E-state index in [-0.39, 0.29) is 5.78 Å². The Morgan fingerprint density at radius 3 is 2.58 bits per heavy atom. The Balaban J connectivity index is 1.32. The molecule has 8 heteroatoms. The summed E-state index contributed by atoms with van der Waals surface area (Å²) < 4.78 is 23.7. The highest BCUT2D eigenvalue weighted by molar-refractivity contribution is 7.80. The first-order valence-electron chi connectivity index (χ1n) is 9.88. The van der Waals surface area contributed by atoms with Crippen LogP contribution in [0.15, 0.2) is 42.5 Å². The standard InChI is InChI=1S/C23H22O5S3/c1-14-22(24)17-8-9-19(25-2)23(18(17)13-28-14)27-11-3-10-26-16-6-4-15(5-7-16)20-12-21(29)31-30-20/h4-9,12,14H,3,10-11,13H2,1-2H3. The first-order valence-corrected chi connectivity index (χ1v) is 12.4. The predicted molar refractivity (Wildman–Crippen MR) is 126 cm³/mol. The van der Waals surface area contributed by atoms with E-state index in [0.717, 1.165) is 20.7 Å². The molecule has 4 rings (SSSR count). The summed E-state index contributed by atoms with van der Waals surface area (Å²) in [5.41, 5.74) is 2.52. The van der Waals surface area contributed by atoms with Crippen LogP contribution in [-0.4, -0.2) is 32.2 Å². The molecule has 0 N–H and O–H groups in total. The van der Waals surface area contributed by atoms with Crippen molar-refractivity contribution in [3.8, 4) is 27.7 Å². The molecular formula is C23H22O5S3. The van der Waals surface area contributed by atoms with Gasteiger partial charge in [-0.1, -0.05) is 32.9 Å². The molecule has 1 aliphatic rings. The van der Waals surface area contributed by atoms with E-state index < -0.39 is 6.10 Å². The number of carbonyl (C=O) groups is 1. The summed E-state index contributed by atoms with van der Waals surface area (Å²) >= 11 is 5.20. The zero-order chi connectivity index (χ0) is 21.8. The Bertz CT molecular complexity index is 1120. The van der Waals surface area contributed by atoms with E-state index in [1.165, 1.54) is 4.88 Å². The molecule has 31 heavy (non-hydrogen) atoms. The van der Waals surface area contributed by atoms with Crippen LogP contribution < -0.4 is 14.2 Å². The van der Waals surface area contributed by atoms with Gasteiger partial charge in [0.25, 0.3) is 0 Å². The van der Waals surface area contributed by atoms with Crippen molar-refractivity contribution in [1.29, 1.82) is 0 Å². The lowest BCUT2D eigenvalue weighted by Crippen LogP contribution is -2.27. The van der Waals surface area contributed by atoms with Crippen molar-refractivity contribution in [2.24, 2.45) is 0 Å². The average Bonchev–Trinajstić information content (AvgIpc) is 3.22. The van der Waals surface area contributed by atoms with Gasteiger partial charge in [0.05, 0.1) is 26.9 Å². The van der Waals surface area contributed by atoms with Gasteiger partial charge in [0.2, 0.25) is 0 Å². The van der Waals surface area contributed by atoms with Gasteiger partial charge in [0, 0.05) is 22.4 Å². The van der Waals surface area contributed by atoms with Crippen LogP contribution >= 0.6 is 32.9 Å². The number of Topliss-reactive ketones (excluding diaryl/α,β-unsaturated/α-hetero) is 1. The van der Waals surface area contributed by atoms with Gasteiger partial charge in [-0.2, -0.15) is 0 Å². The molecule has 0 amide bonds. The molecular weight excluding hydrogens is 452 g/mol. The third-order valence-electron chi connectivity index (χ3n) is 4.96. The van der Waals surface area contributed by atoms with E-state index in [2.05, 4.69) is 0 Å². The van der Waals surface area contributed by atoms with Crippen molar-refractivity contribution in [3.05, 3.63) is 57.4 Å². The van der Waals surface area contributed by atoms with Crippen LogP contribution in [0.25, 0.3) is 10.4 Å². The van der Waals surface area contributed by atoms with E-state index in [9.17, 15) is 4.79 Å². The Morgan fingerprint density at radius 2 is 1.87 bits per heavy atom. The Labute approximate surface area is 193 Å². The maximum atomic E-state index is 12.4. The highest BCUT2D eigenvalue weighted by atomic mass is 32.9. The second kappa shape index (κ2) is 9.91. The van der Waals surface area contributed by atoms with Gasteiger partial charge in [0.1, 0.15) is 15.7 Å². The largest absolute Gasteiger partial charge is 0.493 e. The van der Waals surface area contributed by atoms with Crippen molar-refractivity contribution in [3.63, 3.8) is 0 Å². The molecule has 5 nitrogen and oxygen atoms in total. The maximum Gasteiger partial charge on any atom is 0.191 e. The normalized spacial score (nSPS) is 15.4. The molecule has 162 valence electrons. The average molecular weight is 475 g/mol. The smallest absolute Gasteiger partial charge is 0.191 e. The molecule has 0 saturated heterocycles. The molecule has 1 aromatic heterocycles. The molecule has 0 fully saturated rings. The summed E-state index contributed by atoms with van der Waals surface area (Å²) in [5, 5.41) is 0. The lowest BCUT2D eigenvalue weighted by molar-refractivity contribution is 0.0324. The van der Waals surface area contributed by atoms with E-state index in [1.54, 1.807) is 46.8 Å². The Morgan fingerprint density at radius 1 is 1.10 bits per heavy atom. The van der Waals surface area contributed by atoms with E-state index in [4.69, 9.17) is 31.2 Å². The SMILES string of the molecule is COc1ccc2c(c1OCCCOc1ccc(-c3cc(=S)ss3)cc1)COC(C)C2=O. The van der Waals surface area contributed by atoms with Crippen LogP contribution in [0, 0.1) is 3.82 Å². The van der Waals surface area contributed by atoms with Crippen molar-refractivity contribution in [2.45, 2.75) is 26.1 Å². The van der Waals surface area contributed by atoms with Gasteiger partial charge in [-0.05, 0) is 55.0 Å². The minimum Gasteiger partial charge on any atom is -0.493 e. The van der Waals surface area contributed by atoms with Gasteiger partial charge in [-0.3, -0.25) is 4.79 Å². The van der Waals surface area contributed by atoms with Gasteiger partial charge in [0.15, 0.2) is 17.3 Å². The summed E-state index contributed by atoms with van der Waals surface area (Å²) in [6.45, 7) is 3.04. The first kappa shape index (κ1) is 22.0. The molecule has 2 aromatic carbocycles. The molecule has 2 heterocycles. The van der Waals surface area contributed by atoms with E-state index in [1.807, 2.05) is 30.3 Å². The Kier molecular flexibility index (Phi) is 7.02. The number of fused-ring (bicyclic) bond motifs is 1. The van der Waals surface area contributed by atoms with E-state index >= 15 is 0 Å². The maximum absolute atomic E-state index is 12.4. The van der Waals surface area contributed by atoms with Crippen molar-refractivity contribution in [2.75, 3.05) is 20.3 Å². The number of hydrogen-bond acceptors (Lipinski definition) is 8. The van der Waals surface area contributed by atoms with Gasteiger partial charge in [-0.25, -0.2) is 0 Å². The number of rotatable bonds is 8. The second-order valence-corrected chi connectivity index (χ2v) is 9.92. The minimum atomic E-state index is -0.438. The lowest BCUT2D eigenvalue weighted by Gasteiger charge is -2.24. The number of carbonyl (C=O) groups excluding carboxylic acids is 1. The molecule has 3 aromatic rings. The summed E-state index contributed by atoms with van der Waals surface area (Å²) in [7, 11) is 4.88. The monoisotopic (exact) mass is 474 g/mol. The molecule has 0 bridgehead atoms. The van der Waals surface area contributed by atoms with Gasteiger partial charge >= 0.3 is 0 Å². The van der Waals surface area contributed by atoms with Crippen LogP contribution in [0.5, 0.6) is 17.2 Å². The molecule has 0 saturated carbocycles.